The van der Waals surface area contributed by atoms with Gasteiger partial charge in [0, 0.05) is 17.5 Å². The van der Waals surface area contributed by atoms with E-state index in [2.05, 4.69) is 0 Å². The molecular weight excluding hydrogens is 212 g/mol. The van der Waals surface area contributed by atoms with E-state index in [-0.39, 0.29) is 0 Å². The fourth-order valence-corrected chi connectivity index (χ4v) is 1.17. The molecule has 0 saturated carbocycles. The van der Waals surface area contributed by atoms with Crippen LogP contribution in [0, 0.1) is 35.6 Å². The fourth-order valence-electron chi connectivity index (χ4n) is 1.17. The van der Waals surface area contributed by atoms with Crippen molar-refractivity contribution in [2.24, 2.45) is 0 Å². The summed E-state index contributed by atoms with van der Waals surface area (Å²) in [4.78, 5) is 0. The van der Waals surface area contributed by atoms with Crippen LogP contribution in [0.3, 0.4) is 0 Å². The van der Waals surface area contributed by atoms with Gasteiger partial charge in [0.05, 0.1) is 6.61 Å². The number of halogens is 4. The molecule has 80 valence electrons. The second-order valence-electron chi connectivity index (χ2n) is 2.75. The summed E-state index contributed by atoms with van der Waals surface area (Å²) in [6.07, 6.45) is 4.43. The molecule has 0 aliphatic carbocycles. The van der Waals surface area contributed by atoms with E-state index in [0.29, 0.717) is 0 Å². The molecule has 0 fully saturated rings. The Morgan fingerprint density at radius 2 is 1.40 bits per heavy atom. The molecule has 0 aliphatic rings. The maximum absolute atomic E-state index is 13.1. The van der Waals surface area contributed by atoms with Crippen molar-refractivity contribution in [1.82, 2.24) is 0 Å². The zero-order valence-electron chi connectivity index (χ0n) is 7.45. The lowest BCUT2D eigenvalue weighted by molar-refractivity contribution is 0.268. The van der Waals surface area contributed by atoms with E-state index in [1.165, 1.54) is 0 Å². The van der Waals surface area contributed by atoms with E-state index in [1.54, 1.807) is 0 Å². The van der Waals surface area contributed by atoms with Gasteiger partial charge < -0.3 is 5.11 Å². The fraction of sp³-hybridized carbons (Fsp3) is 0.200. The van der Waals surface area contributed by atoms with Crippen molar-refractivity contribution in [3.05, 3.63) is 34.4 Å². The highest BCUT2D eigenvalue weighted by atomic mass is 19.2. The van der Waals surface area contributed by atoms with E-state index in [4.69, 9.17) is 11.5 Å². The highest BCUT2D eigenvalue weighted by molar-refractivity contribution is 5.34. The van der Waals surface area contributed by atoms with Crippen molar-refractivity contribution in [3.63, 3.8) is 0 Å². The minimum absolute atomic E-state index is 0.421. The first-order valence-electron chi connectivity index (χ1n) is 3.92. The lowest BCUT2D eigenvalue weighted by Gasteiger charge is -2.09. The van der Waals surface area contributed by atoms with Crippen LogP contribution >= 0.6 is 0 Å². The van der Waals surface area contributed by atoms with Gasteiger partial charge in [0.1, 0.15) is 0 Å². The Balaban J connectivity index is 3.56. The van der Waals surface area contributed by atoms with Crippen LogP contribution < -0.4 is 0 Å². The molecule has 1 aromatic carbocycles. The summed E-state index contributed by atoms with van der Waals surface area (Å²) in [6.45, 7) is -0.947. The van der Waals surface area contributed by atoms with Gasteiger partial charge in [-0.3, -0.25) is 0 Å². The van der Waals surface area contributed by atoms with Crippen LogP contribution in [0.2, 0.25) is 0 Å². The quantitative estimate of drug-likeness (QED) is 0.348. The van der Waals surface area contributed by atoms with Crippen LogP contribution in [-0.2, 0) is 13.0 Å². The molecular formula is C10H6F4O. The molecule has 1 rings (SSSR count). The summed E-state index contributed by atoms with van der Waals surface area (Å²) >= 11 is 0. The molecule has 15 heavy (non-hydrogen) atoms. The molecule has 0 aromatic heterocycles. The third-order valence-electron chi connectivity index (χ3n) is 1.91. The standard InChI is InChI=1S/C10H6F4O/c1-2-3-5-6(4-15)8(12)10(14)9(13)7(5)11/h1,15H,3-4H2. The van der Waals surface area contributed by atoms with Crippen LogP contribution in [-0.4, -0.2) is 5.11 Å². The summed E-state index contributed by atoms with van der Waals surface area (Å²) in [5, 5.41) is 8.70. The van der Waals surface area contributed by atoms with Gasteiger partial charge in [0.2, 0.25) is 0 Å². The van der Waals surface area contributed by atoms with Crippen LogP contribution in [0.15, 0.2) is 0 Å². The van der Waals surface area contributed by atoms with Crippen molar-refractivity contribution in [1.29, 1.82) is 0 Å². The Labute approximate surface area is 83.3 Å². The highest BCUT2D eigenvalue weighted by Gasteiger charge is 2.23. The number of aliphatic hydroxyl groups is 1. The first kappa shape index (κ1) is 11.5. The minimum Gasteiger partial charge on any atom is -0.392 e. The Bertz CT molecular complexity index is 434. The van der Waals surface area contributed by atoms with Gasteiger partial charge in [0.15, 0.2) is 23.3 Å². The molecule has 0 bridgehead atoms. The summed E-state index contributed by atoms with van der Waals surface area (Å²) in [5.74, 6) is -5.07. The highest BCUT2D eigenvalue weighted by Crippen LogP contribution is 2.24. The van der Waals surface area contributed by atoms with E-state index in [0.717, 1.165) is 0 Å². The van der Waals surface area contributed by atoms with E-state index < -0.39 is 47.4 Å². The molecule has 1 nitrogen and oxygen atoms in total. The van der Waals surface area contributed by atoms with Crippen molar-refractivity contribution < 1.29 is 22.7 Å². The van der Waals surface area contributed by atoms with Crippen LogP contribution in [0.25, 0.3) is 0 Å². The summed E-state index contributed by atoms with van der Waals surface area (Å²) < 4.78 is 51.6. The molecule has 0 saturated heterocycles. The minimum atomic E-state index is -1.95. The van der Waals surface area contributed by atoms with E-state index in [1.807, 2.05) is 5.92 Å². The molecule has 0 spiro atoms. The van der Waals surface area contributed by atoms with E-state index in [9.17, 15) is 17.6 Å². The normalized spacial score (nSPS) is 10.1. The Morgan fingerprint density at radius 3 is 1.80 bits per heavy atom. The zero-order valence-corrected chi connectivity index (χ0v) is 7.45. The Hall–Kier alpha value is -1.54. The number of aliphatic hydroxyl groups excluding tert-OH is 1. The smallest absolute Gasteiger partial charge is 0.197 e. The third-order valence-corrected chi connectivity index (χ3v) is 1.91. The van der Waals surface area contributed by atoms with Gasteiger partial charge in [-0.1, -0.05) is 0 Å². The maximum atomic E-state index is 13.1. The van der Waals surface area contributed by atoms with Gasteiger partial charge in [-0.2, -0.15) is 0 Å². The predicted octanol–water partition coefficient (Wildman–Crippen LogP) is 1.91. The van der Waals surface area contributed by atoms with Gasteiger partial charge in [-0.15, -0.1) is 12.3 Å². The molecule has 0 unspecified atom stereocenters. The molecule has 1 aromatic rings. The largest absolute Gasteiger partial charge is 0.392 e. The molecule has 0 amide bonds. The summed E-state index contributed by atoms with van der Waals surface area (Å²) in [7, 11) is 0. The first-order chi connectivity index (χ1) is 7.04. The molecule has 0 aliphatic heterocycles. The summed E-state index contributed by atoms with van der Waals surface area (Å²) in [5.41, 5.74) is -1.18. The number of hydrogen-bond acceptors (Lipinski definition) is 1. The van der Waals surface area contributed by atoms with Gasteiger partial charge in [-0.25, -0.2) is 17.6 Å². The van der Waals surface area contributed by atoms with Crippen molar-refractivity contribution >= 4 is 0 Å². The number of benzene rings is 1. The second kappa shape index (κ2) is 4.32. The van der Waals surface area contributed by atoms with Gasteiger partial charge in [-0.05, 0) is 0 Å². The molecule has 0 heterocycles. The zero-order chi connectivity index (χ0) is 11.6. The third kappa shape index (κ3) is 1.81. The average Bonchev–Trinajstić information content (AvgIpc) is 2.24. The first-order valence-corrected chi connectivity index (χ1v) is 3.92. The Morgan fingerprint density at radius 1 is 0.933 bits per heavy atom. The number of rotatable bonds is 2. The van der Waals surface area contributed by atoms with E-state index >= 15 is 0 Å². The lowest BCUT2D eigenvalue weighted by Crippen LogP contribution is -2.08. The molecule has 0 radical (unpaired) electrons. The van der Waals surface area contributed by atoms with Gasteiger partial charge in [0.25, 0.3) is 0 Å². The average molecular weight is 218 g/mol. The van der Waals surface area contributed by atoms with Crippen LogP contribution in [0.5, 0.6) is 0 Å². The van der Waals surface area contributed by atoms with Gasteiger partial charge >= 0.3 is 0 Å². The second-order valence-corrected chi connectivity index (χ2v) is 2.75. The lowest BCUT2D eigenvalue weighted by atomic mass is 10.0. The topological polar surface area (TPSA) is 20.2 Å². The van der Waals surface area contributed by atoms with Crippen LogP contribution in [0.4, 0.5) is 17.6 Å². The monoisotopic (exact) mass is 218 g/mol. The maximum Gasteiger partial charge on any atom is 0.197 e. The van der Waals surface area contributed by atoms with Crippen molar-refractivity contribution in [2.45, 2.75) is 13.0 Å². The van der Waals surface area contributed by atoms with Crippen LogP contribution in [0.1, 0.15) is 11.1 Å². The van der Waals surface area contributed by atoms with Crippen molar-refractivity contribution in [2.75, 3.05) is 0 Å². The molecule has 0 atom stereocenters. The number of hydrogen-bond donors (Lipinski definition) is 1. The Kier molecular flexibility index (Phi) is 3.32. The summed E-state index contributed by atoms with van der Waals surface area (Å²) in [6, 6.07) is 0. The molecule has 1 N–H and O–H groups in total. The SMILES string of the molecule is C#CCc1c(F)c(F)c(F)c(F)c1CO. The number of terminal acetylenes is 1. The van der Waals surface area contributed by atoms with Crippen molar-refractivity contribution in [3.8, 4) is 12.3 Å². The predicted molar refractivity (Wildman–Crippen MR) is 44.7 cm³/mol. The molecule has 5 heteroatoms.